The number of piperidine rings is 1. The molecule has 0 bridgehead atoms. The zero-order valence-corrected chi connectivity index (χ0v) is 23.9. The van der Waals surface area contributed by atoms with Crippen LogP contribution in [0.3, 0.4) is 0 Å². The molecular weight excluding hydrogens is 549 g/mol. The summed E-state index contributed by atoms with van der Waals surface area (Å²) in [6.07, 6.45) is -2.53. The molecule has 1 aliphatic heterocycles. The largest absolute Gasteiger partial charge is 0.497 e. The lowest BCUT2D eigenvalue weighted by atomic mass is 9.85. The average molecular weight is 585 g/mol. The molecule has 0 radical (unpaired) electrons. The van der Waals surface area contributed by atoms with E-state index in [0.29, 0.717) is 35.8 Å². The molecule has 2 aromatic rings. The van der Waals surface area contributed by atoms with Gasteiger partial charge in [0.25, 0.3) is 17.4 Å². The first kappa shape index (κ1) is 31.5. The number of ether oxygens (including phenoxy) is 2. The first-order valence-electron chi connectivity index (χ1n) is 13.1. The highest BCUT2D eigenvalue weighted by Gasteiger charge is 2.62. The van der Waals surface area contributed by atoms with Crippen molar-refractivity contribution in [2.75, 3.05) is 40.9 Å². The molecule has 11 heteroatoms. The Hall–Kier alpha value is -2.98. The molecule has 0 unspecified atom stereocenters. The number of methoxy groups -OCH3 is 1. The number of carbonyl (C=O) groups excluding carboxylic acids is 2. The monoisotopic (exact) mass is 584 g/mol. The van der Waals surface area contributed by atoms with Gasteiger partial charge in [-0.15, -0.1) is 0 Å². The molecule has 220 valence electrons. The summed E-state index contributed by atoms with van der Waals surface area (Å²) < 4.78 is 53.0. The summed E-state index contributed by atoms with van der Waals surface area (Å²) in [4.78, 5) is 27.7. The van der Waals surface area contributed by atoms with Gasteiger partial charge in [-0.1, -0.05) is 30.7 Å². The van der Waals surface area contributed by atoms with Crippen LogP contribution in [-0.2, 0) is 10.4 Å². The predicted molar refractivity (Wildman–Crippen MR) is 146 cm³/mol. The number of carbonyl (C=O) groups is 2. The van der Waals surface area contributed by atoms with E-state index in [9.17, 15) is 27.9 Å². The first-order chi connectivity index (χ1) is 18.8. The molecule has 7 nitrogen and oxygen atoms in total. The Balaban J connectivity index is 1.51. The standard InChI is InChI=1S/C29H36ClF3N2O5/c1-19(12-15-40-23-8-9-24(25(30)18-23)26(36)34(2)3)16-20-10-13-35(14-11-20)27(37)28(38,29(31,32)33)21-6-5-7-22(17-21)39-4/h5-9,17-20,38H,10-16H2,1-4H3/t19-,28-/m0/s1. The summed E-state index contributed by atoms with van der Waals surface area (Å²) in [5, 5.41) is 11.0. The molecule has 1 fully saturated rings. The molecule has 0 saturated carbocycles. The maximum Gasteiger partial charge on any atom is 0.430 e. The number of likely N-dealkylation sites (tertiary alicyclic amines) is 1. The number of halogens is 4. The van der Waals surface area contributed by atoms with Crippen molar-refractivity contribution in [3.63, 3.8) is 0 Å². The minimum absolute atomic E-state index is 0.115. The van der Waals surface area contributed by atoms with Gasteiger partial charge in [-0.2, -0.15) is 13.2 Å². The quantitative estimate of drug-likeness (QED) is 0.397. The zero-order chi connectivity index (χ0) is 29.7. The molecule has 1 N–H and O–H groups in total. The second-order valence-corrected chi connectivity index (χ2v) is 10.9. The van der Waals surface area contributed by atoms with Crippen molar-refractivity contribution >= 4 is 23.4 Å². The number of benzene rings is 2. The van der Waals surface area contributed by atoms with Gasteiger partial charge in [0, 0.05) is 32.7 Å². The zero-order valence-electron chi connectivity index (χ0n) is 23.1. The Morgan fingerprint density at radius 1 is 1.12 bits per heavy atom. The molecular formula is C29H36ClF3N2O5. The summed E-state index contributed by atoms with van der Waals surface area (Å²) in [7, 11) is 4.60. The molecule has 2 amide bonds. The third kappa shape index (κ3) is 7.20. The van der Waals surface area contributed by atoms with Crippen molar-refractivity contribution in [2.24, 2.45) is 11.8 Å². The molecule has 1 heterocycles. The molecule has 0 aromatic heterocycles. The van der Waals surface area contributed by atoms with Gasteiger partial charge in [0.2, 0.25) is 0 Å². The highest BCUT2D eigenvalue weighted by Crippen LogP contribution is 2.42. The number of amides is 2. The lowest BCUT2D eigenvalue weighted by Gasteiger charge is -2.39. The van der Waals surface area contributed by atoms with Crippen LogP contribution >= 0.6 is 11.6 Å². The molecule has 1 aliphatic rings. The minimum atomic E-state index is -5.20. The van der Waals surface area contributed by atoms with Gasteiger partial charge in [-0.25, -0.2) is 0 Å². The summed E-state index contributed by atoms with van der Waals surface area (Å²) in [5.41, 5.74) is -3.82. The van der Waals surface area contributed by atoms with Gasteiger partial charge in [0.1, 0.15) is 11.5 Å². The van der Waals surface area contributed by atoms with E-state index in [1.807, 2.05) is 0 Å². The highest BCUT2D eigenvalue weighted by atomic mass is 35.5. The second-order valence-electron chi connectivity index (χ2n) is 10.5. The van der Waals surface area contributed by atoms with Gasteiger partial charge >= 0.3 is 6.18 Å². The van der Waals surface area contributed by atoms with E-state index in [-0.39, 0.29) is 36.6 Å². The number of rotatable bonds is 10. The van der Waals surface area contributed by atoms with Crippen LogP contribution in [0.2, 0.25) is 5.02 Å². The SMILES string of the molecule is COc1cccc([C@](O)(C(=O)N2CCC(C[C@@H](C)CCOc3ccc(C(=O)N(C)C)c(Cl)c3)CC2)C(F)(F)F)c1. The van der Waals surface area contributed by atoms with E-state index in [4.69, 9.17) is 21.1 Å². The molecule has 1 saturated heterocycles. The van der Waals surface area contributed by atoms with Crippen LogP contribution in [0.25, 0.3) is 0 Å². The minimum Gasteiger partial charge on any atom is -0.497 e. The third-order valence-corrected chi connectivity index (χ3v) is 7.61. The van der Waals surface area contributed by atoms with Crippen molar-refractivity contribution < 1.29 is 37.3 Å². The fourth-order valence-corrected chi connectivity index (χ4v) is 5.17. The van der Waals surface area contributed by atoms with Crippen molar-refractivity contribution in [1.29, 1.82) is 0 Å². The lowest BCUT2D eigenvalue weighted by Crippen LogP contribution is -2.57. The Morgan fingerprint density at radius 2 is 1.80 bits per heavy atom. The topological polar surface area (TPSA) is 79.3 Å². The summed E-state index contributed by atoms with van der Waals surface area (Å²) >= 11 is 6.23. The van der Waals surface area contributed by atoms with E-state index in [0.717, 1.165) is 29.9 Å². The fraction of sp³-hybridized carbons (Fsp3) is 0.517. The van der Waals surface area contributed by atoms with Gasteiger partial charge in [0.05, 0.1) is 24.3 Å². The Kier molecular flexibility index (Phi) is 10.3. The molecule has 0 aliphatic carbocycles. The van der Waals surface area contributed by atoms with Crippen LogP contribution in [0.15, 0.2) is 42.5 Å². The van der Waals surface area contributed by atoms with Gasteiger partial charge in [0.15, 0.2) is 0 Å². The van der Waals surface area contributed by atoms with Crippen LogP contribution in [0.1, 0.15) is 48.5 Å². The molecule has 2 atom stereocenters. The molecule has 40 heavy (non-hydrogen) atoms. The number of alkyl halides is 3. The normalized spacial score (nSPS) is 16.7. The summed E-state index contributed by atoms with van der Waals surface area (Å²) in [6, 6.07) is 9.82. The van der Waals surface area contributed by atoms with Crippen LogP contribution < -0.4 is 9.47 Å². The summed E-state index contributed by atoms with van der Waals surface area (Å²) in [6.45, 7) is 2.78. The van der Waals surface area contributed by atoms with Crippen LogP contribution in [0, 0.1) is 11.8 Å². The Labute approximate surface area is 237 Å². The van der Waals surface area contributed by atoms with E-state index >= 15 is 0 Å². The van der Waals surface area contributed by atoms with Crippen molar-refractivity contribution in [3.8, 4) is 11.5 Å². The average Bonchev–Trinajstić information content (AvgIpc) is 2.91. The Morgan fingerprint density at radius 3 is 2.38 bits per heavy atom. The molecule has 0 spiro atoms. The Bertz CT molecular complexity index is 1180. The van der Waals surface area contributed by atoms with Crippen molar-refractivity contribution in [3.05, 3.63) is 58.6 Å². The maximum atomic E-state index is 14.1. The lowest BCUT2D eigenvalue weighted by molar-refractivity contribution is -0.262. The van der Waals surface area contributed by atoms with Gasteiger partial charge in [-0.05, 0) is 67.9 Å². The molecule has 2 aromatic carbocycles. The number of aliphatic hydroxyl groups is 1. The first-order valence-corrected chi connectivity index (χ1v) is 13.5. The predicted octanol–water partition coefficient (Wildman–Crippen LogP) is 5.53. The van der Waals surface area contributed by atoms with Gasteiger partial charge in [-0.3, -0.25) is 9.59 Å². The fourth-order valence-electron chi connectivity index (χ4n) is 4.92. The van der Waals surface area contributed by atoms with E-state index in [1.165, 1.54) is 24.1 Å². The van der Waals surface area contributed by atoms with Crippen molar-refractivity contribution in [2.45, 2.75) is 44.4 Å². The maximum absolute atomic E-state index is 14.1. The second kappa shape index (κ2) is 13.1. The molecule has 3 rings (SSSR count). The van der Waals surface area contributed by atoms with E-state index < -0.39 is 23.2 Å². The smallest absolute Gasteiger partial charge is 0.430 e. The van der Waals surface area contributed by atoms with E-state index in [1.54, 1.807) is 32.3 Å². The van der Waals surface area contributed by atoms with Crippen molar-refractivity contribution in [1.82, 2.24) is 9.80 Å². The summed E-state index contributed by atoms with van der Waals surface area (Å²) in [5.74, 6) is -0.370. The van der Waals surface area contributed by atoms with Crippen LogP contribution in [0.4, 0.5) is 13.2 Å². The van der Waals surface area contributed by atoms with E-state index in [2.05, 4.69) is 6.92 Å². The van der Waals surface area contributed by atoms with Crippen LogP contribution in [0.5, 0.6) is 11.5 Å². The number of hydrogen-bond donors (Lipinski definition) is 1. The van der Waals surface area contributed by atoms with Crippen LogP contribution in [-0.4, -0.2) is 73.8 Å². The van der Waals surface area contributed by atoms with Gasteiger partial charge < -0.3 is 24.4 Å². The third-order valence-electron chi connectivity index (χ3n) is 7.30. The number of nitrogens with zero attached hydrogens (tertiary/aromatic N) is 2. The highest BCUT2D eigenvalue weighted by molar-refractivity contribution is 6.34. The number of hydrogen-bond acceptors (Lipinski definition) is 5.